The summed E-state index contributed by atoms with van der Waals surface area (Å²) in [6.45, 7) is 6.68. The van der Waals surface area contributed by atoms with Crippen molar-refractivity contribution in [2.75, 3.05) is 18.4 Å². The molecule has 5 nitrogen and oxygen atoms in total. The van der Waals surface area contributed by atoms with Crippen LogP contribution in [0.15, 0.2) is 29.2 Å². The smallest absolute Gasteiger partial charge is 0.243 e. The number of carbonyl (C=O) groups excluding carboxylic acids is 1. The highest BCUT2D eigenvalue weighted by atomic mass is 32.2. The zero-order chi connectivity index (χ0) is 17.1. The van der Waals surface area contributed by atoms with Gasteiger partial charge in [0.05, 0.1) is 4.90 Å². The third kappa shape index (κ3) is 4.54. The summed E-state index contributed by atoms with van der Waals surface area (Å²) in [4.78, 5) is 12.2. The van der Waals surface area contributed by atoms with Gasteiger partial charge in [-0.1, -0.05) is 33.6 Å². The monoisotopic (exact) mass is 338 g/mol. The van der Waals surface area contributed by atoms with Crippen molar-refractivity contribution in [2.24, 2.45) is 5.41 Å². The molecule has 0 spiro atoms. The van der Waals surface area contributed by atoms with Gasteiger partial charge in [0, 0.05) is 24.2 Å². The van der Waals surface area contributed by atoms with Crippen LogP contribution in [0, 0.1) is 5.41 Å². The Morgan fingerprint density at radius 3 is 2.00 bits per heavy atom. The van der Waals surface area contributed by atoms with Crippen LogP contribution in [0.25, 0.3) is 0 Å². The predicted octanol–water partition coefficient (Wildman–Crippen LogP) is 3.24. The highest BCUT2D eigenvalue weighted by Crippen LogP contribution is 2.23. The quantitative estimate of drug-likeness (QED) is 0.920. The molecule has 1 saturated heterocycles. The van der Waals surface area contributed by atoms with Crippen LogP contribution >= 0.6 is 0 Å². The van der Waals surface area contributed by atoms with Crippen molar-refractivity contribution < 1.29 is 13.2 Å². The standard InChI is InChI=1S/C17H26N2O3S/c1-17(2,3)16(20)18-14-8-10-15(11-9-14)23(21,22)19-12-6-4-5-7-13-19/h8-11H,4-7,12-13H2,1-3H3,(H,18,20). The Labute approximate surface area is 139 Å². The highest BCUT2D eigenvalue weighted by Gasteiger charge is 2.25. The lowest BCUT2D eigenvalue weighted by molar-refractivity contribution is -0.123. The second-order valence-corrected chi connectivity index (χ2v) is 8.98. The molecule has 23 heavy (non-hydrogen) atoms. The molecule has 0 aromatic heterocycles. The number of benzene rings is 1. The zero-order valence-corrected chi connectivity index (χ0v) is 14.9. The lowest BCUT2D eigenvalue weighted by Crippen LogP contribution is -2.32. The van der Waals surface area contributed by atoms with E-state index in [4.69, 9.17) is 0 Å². The van der Waals surface area contributed by atoms with Gasteiger partial charge in [0.25, 0.3) is 0 Å². The molecule has 1 amide bonds. The molecule has 128 valence electrons. The minimum absolute atomic E-state index is 0.0966. The van der Waals surface area contributed by atoms with Gasteiger partial charge < -0.3 is 5.32 Å². The maximum atomic E-state index is 12.7. The molecule has 6 heteroatoms. The Bertz CT molecular complexity index is 637. The van der Waals surface area contributed by atoms with E-state index in [0.29, 0.717) is 18.8 Å². The number of nitrogens with one attached hydrogen (secondary N) is 1. The number of anilines is 1. The Hall–Kier alpha value is -1.40. The first-order valence-electron chi connectivity index (χ1n) is 8.13. The number of hydrogen-bond donors (Lipinski definition) is 1. The maximum absolute atomic E-state index is 12.7. The van der Waals surface area contributed by atoms with Crippen LogP contribution in [-0.4, -0.2) is 31.7 Å². The van der Waals surface area contributed by atoms with Gasteiger partial charge in [-0.3, -0.25) is 4.79 Å². The van der Waals surface area contributed by atoms with Gasteiger partial charge >= 0.3 is 0 Å². The Kier molecular flexibility index (Phi) is 5.47. The van der Waals surface area contributed by atoms with E-state index in [2.05, 4.69) is 5.32 Å². The first-order chi connectivity index (χ1) is 10.7. The van der Waals surface area contributed by atoms with Crippen molar-refractivity contribution in [3.05, 3.63) is 24.3 Å². The van der Waals surface area contributed by atoms with Crippen molar-refractivity contribution in [3.63, 3.8) is 0 Å². The van der Waals surface area contributed by atoms with Crippen molar-refractivity contribution >= 4 is 21.6 Å². The summed E-state index contributed by atoms with van der Waals surface area (Å²) in [5.41, 5.74) is 0.122. The number of rotatable bonds is 3. The minimum atomic E-state index is -3.44. The SMILES string of the molecule is CC(C)(C)C(=O)Nc1ccc(S(=O)(=O)N2CCCCCC2)cc1. The van der Waals surface area contributed by atoms with Crippen LogP contribution in [0.3, 0.4) is 0 Å². The second kappa shape index (κ2) is 7.01. The van der Waals surface area contributed by atoms with E-state index < -0.39 is 15.4 Å². The summed E-state index contributed by atoms with van der Waals surface area (Å²) < 4.78 is 26.9. The molecule has 1 heterocycles. The Morgan fingerprint density at radius 1 is 1.00 bits per heavy atom. The molecule has 1 fully saturated rings. The van der Waals surface area contributed by atoms with Crippen molar-refractivity contribution in [1.82, 2.24) is 4.31 Å². The number of nitrogens with zero attached hydrogens (tertiary/aromatic N) is 1. The average molecular weight is 338 g/mol. The summed E-state index contributed by atoms with van der Waals surface area (Å²) in [6.07, 6.45) is 4.01. The fourth-order valence-electron chi connectivity index (χ4n) is 2.46. The van der Waals surface area contributed by atoms with Crippen molar-refractivity contribution in [1.29, 1.82) is 0 Å². The van der Waals surface area contributed by atoms with Gasteiger partial charge in [0.15, 0.2) is 0 Å². The van der Waals surface area contributed by atoms with E-state index in [1.54, 1.807) is 28.6 Å². The van der Waals surface area contributed by atoms with Crippen molar-refractivity contribution in [3.8, 4) is 0 Å². The molecule has 1 aromatic rings. The normalized spacial score (nSPS) is 17.5. The Balaban J connectivity index is 2.13. The van der Waals surface area contributed by atoms with Gasteiger partial charge in [-0.15, -0.1) is 0 Å². The molecule has 0 aliphatic carbocycles. The molecule has 2 rings (SSSR count). The number of hydrogen-bond acceptors (Lipinski definition) is 3. The summed E-state index contributed by atoms with van der Waals surface area (Å²) >= 11 is 0. The highest BCUT2D eigenvalue weighted by molar-refractivity contribution is 7.89. The van der Waals surface area contributed by atoms with Crippen LogP contribution in [0.2, 0.25) is 0 Å². The largest absolute Gasteiger partial charge is 0.326 e. The molecule has 1 N–H and O–H groups in total. The summed E-state index contributed by atoms with van der Waals surface area (Å²) in [5, 5.41) is 2.80. The fourth-order valence-corrected chi connectivity index (χ4v) is 3.98. The number of carbonyl (C=O) groups is 1. The zero-order valence-electron chi connectivity index (χ0n) is 14.1. The van der Waals surface area contributed by atoms with Crippen LogP contribution in [0.1, 0.15) is 46.5 Å². The lowest BCUT2D eigenvalue weighted by atomic mass is 9.95. The summed E-state index contributed by atoms with van der Waals surface area (Å²) in [5.74, 6) is -0.0966. The van der Waals surface area contributed by atoms with Crippen LogP contribution in [-0.2, 0) is 14.8 Å². The lowest BCUT2D eigenvalue weighted by Gasteiger charge is -2.20. The molecule has 0 atom stereocenters. The second-order valence-electron chi connectivity index (χ2n) is 7.05. The first kappa shape index (κ1) is 17.9. The van der Waals surface area contributed by atoms with Crippen LogP contribution in [0.5, 0.6) is 0 Å². The molecule has 0 bridgehead atoms. The average Bonchev–Trinajstić information content (AvgIpc) is 2.76. The molecule has 0 unspecified atom stereocenters. The summed E-state index contributed by atoms with van der Waals surface area (Å²) in [6, 6.07) is 6.43. The molecule has 0 saturated carbocycles. The minimum Gasteiger partial charge on any atom is -0.326 e. The van der Waals surface area contributed by atoms with Gasteiger partial charge in [0.2, 0.25) is 15.9 Å². The first-order valence-corrected chi connectivity index (χ1v) is 9.57. The van der Waals surface area contributed by atoms with Gasteiger partial charge in [-0.2, -0.15) is 4.31 Å². The fraction of sp³-hybridized carbons (Fsp3) is 0.588. The van der Waals surface area contributed by atoms with Gasteiger partial charge in [-0.05, 0) is 37.1 Å². The molecule has 0 radical (unpaired) electrons. The molecular formula is C17H26N2O3S. The Morgan fingerprint density at radius 2 is 1.52 bits per heavy atom. The van der Waals surface area contributed by atoms with Gasteiger partial charge in [-0.25, -0.2) is 8.42 Å². The topological polar surface area (TPSA) is 66.5 Å². The van der Waals surface area contributed by atoms with E-state index in [-0.39, 0.29) is 10.8 Å². The molecule has 1 aromatic carbocycles. The van der Waals surface area contributed by atoms with E-state index in [1.807, 2.05) is 20.8 Å². The van der Waals surface area contributed by atoms with E-state index in [0.717, 1.165) is 25.7 Å². The third-order valence-corrected chi connectivity index (χ3v) is 5.91. The molecule has 1 aliphatic rings. The van der Waals surface area contributed by atoms with E-state index in [9.17, 15) is 13.2 Å². The molecular weight excluding hydrogens is 312 g/mol. The number of amides is 1. The third-order valence-electron chi connectivity index (χ3n) is 4.00. The van der Waals surface area contributed by atoms with Crippen LogP contribution in [0.4, 0.5) is 5.69 Å². The summed E-state index contributed by atoms with van der Waals surface area (Å²) in [7, 11) is -3.44. The predicted molar refractivity (Wildman–Crippen MR) is 91.8 cm³/mol. The van der Waals surface area contributed by atoms with Gasteiger partial charge in [0.1, 0.15) is 0 Å². The van der Waals surface area contributed by atoms with E-state index in [1.165, 1.54) is 0 Å². The van der Waals surface area contributed by atoms with Crippen molar-refractivity contribution in [2.45, 2.75) is 51.3 Å². The maximum Gasteiger partial charge on any atom is 0.243 e. The van der Waals surface area contributed by atoms with E-state index >= 15 is 0 Å². The van der Waals surface area contributed by atoms with Crippen LogP contribution < -0.4 is 5.32 Å². The molecule has 1 aliphatic heterocycles. The number of sulfonamides is 1.